The lowest BCUT2D eigenvalue weighted by molar-refractivity contribution is 0.102. The predicted molar refractivity (Wildman–Crippen MR) is 131 cm³/mol. The van der Waals surface area contributed by atoms with Gasteiger partial charge in [0.25, 0.3) is 15.9 Å². The molecule has 0 radical (unpaired) electrons. The molecule has 0 aliphatic carbocycles. The molecule has 0 saturated carbocycles. The maximum Gasteiger partial charge on any atom is 0.276 e. The molecular weight excluding hydrogens is 470 g/mol. The fraction of sp³-hybridized carbons (Fsp3) is 0.120. The van der Waals surface area contributed by atoms with Gasteiger partial charge in [-0.25, -0.2) is 0 Å². The molecule has 35 heavy (non-hydrogen) atoms. The minimum atomic E-state index is -3.99. The Balaban J connectivity index is 1.75. The standard InChI is InChI=1S/C25H23N3O6S/c1-16-8-11-19(12-9-16)35(30,31)28-27-25-20(14-17-6-4-5-7-22(17)34-25)24(29)26-21-13-10-18(32-2)15-23(21)33-3/h4-15,28H,1-3H3,(H,26,29)/b27-25+. The molecular formula is C25H23N3O6S. The molecule has 0 fully saturated rings. The lowest BCUT2D eigenvalue weighted by Gasteiger charge is -2.12. The molecule has 1 heterocycles. The molecule has 0 bridgehead atoms. The Bertz CT molecular complexity index is 1560. The number of nitrogens with one attached hydrogen (secondary N) is 2. The van der Waals surface area contributed by atoms with Crippen LogP contribution in [0.15, 0.2) is 87.2 Å². The molecule has 9 nitrogen and oxygen atoms in total. The molecule has 3 aromatic carbocycles. The van der Waals surface area contributed by atoms with Crippen molar-refractivity contribution in [3.63, 3.8) is 0 Å². The first-order valence-corrected chi connectivity index (χ1v) is 12.0. The average Bonchev–Trinajstić information content (AvgIpc) is 2.87. The lowest BCUT2D eigenvalue weighted by Crippen LogP contribution is -2.27. The van der Waals surface area contributed by atoms with Crippen molar-refractivity contribution in [3.05, 3.63) is 89.5 Å². The highest BCUT2D eigenvalue weighted by atomic mass is 32.2. The quantitative estimate of drug-likeness (QED) is 0.378. The van der Waals surface area contributed by atoms with E-state index in [4.69, 9.17) is 13.9 Å². The summed E-state index contributed by atoms with van der Waals surface area (Å²) in [6.07, 6.45) is 0. The zero-order chi connectivity index (χ0) is 25.0. The molecule has 180 valence electrons. The highest BCUT2D eigenvalue weighted by Gasteiger charge is 2.17. The van der Waals surface area contributed by atoms with Gasteiger partial charge in [0.15, 0.2) is 0 Å². The third-order valence-electron chi connectivity index (χ3n) is 5.16. The maximum atomic E-state index is 13.2. The number of benzene rings is 3. The van der Waals surface area contributed by atoms with Crippen LogP contribution in [-0.4, -0.2) is 28.5 Å². The largest absolute Gasteiger partial charge is 0.497 e. The third kappa shape index (κ3) is 5.28. The zero-order valence-corrected chi connectivity index (χ0v) is 20.0. The van der Waals surface area contributed by atoms with Gasteiger partial charge in [-0.1, -0.05) is 35.9 Å². The van der Waals surface area contributed by atoms with Gasteiger partial charge in [0.05, 0.1) is 24.8 Å². The van der Waals surface area contributed by atoms with Crippen molar-refractivity contribution in [2.45, 2.75) is 11.8 Å². The molecule has 1 aromatic heterocycles. The number of hydrogen-bond donors (Lipinski definition) is 2. The Morgan fingerprint density at radius 1 is 0.943 bits per heavy atom. The van der Waals surface area contributed by atoms with Gasteiger partial charge in [0.1, 0.15) is 22.6 Å². The molecule has 4 aromatic rings. The van der Waals surface area contributed by atoms with Crippen molar-refractivity contribution in [3.8, 4) is 11.5 Å². The number of para-hydroxylation sites is 1. The van der Waals surface area contributed by atoms with Crippen molar-refractivity contribution < 1.29 is 27.1 Å². The number of amides is 1. The topological polar surface area (TPSA) is 119 Å². The summed E-state index contributed by atoms with van der Waals surface area (Å²) in [5.41, 5.74) is 1.55. The van der Waals surface area contributed by atoms with E-state index in [-0.39, 0.29) is 16.0 Å². The summed E-state index contributed by atoms with van der Waals surface area (Å²) in [6, 6.07) is 19.8. The van der Waals surface area contributed by atoms with Crippen LogP contribution in [0.5, 0.6) is 11.5 Å². The van der Waals surface area contributed by atoms with E-state index in [0.29, 0.717) is 28.2 Å². The number of nitrogens with zero attached hydrogens (tertiary/aromatic N) is 1. The molecule has 0 unspecified atom stereocenters. The molecule has 0 aliphatic heterocycles. The van der Waals surface area contributed by atoms with Gasteiger partial charge in [-0.15, -0.1) is 5.10 Å². The molecule has 4 rings (SSSR count). The van der Waals surface area contributed by atoms with Gasteiger partial charge in [-0.3, -0.25) is 4.79 Å². The molecule has 0 spiro atoms. The van der Waals surface area contributed by atoms with Crippen LogP contribution in [-0.2, 0) is 10.0 Å². The van der Waals surface area contributed by atoms with Crippen LogP contribution >= 0.6 is 0 Å². The van der Waals surface area contributed by atoms with Gasteiger partial charge in [-0.05, 0) is 43.3 Å². The van der Waals surface area contributed by atoms with E-state index in [9.17, 15) is 13.2 Å². The molecule has 2 N–H and O–H groups in total. The van der Waals surface area contributed by atoms with Crippen molar-refractivity contribution in [1.82, 2.24) is 4.83 Å². The van der Waals surface area contributed by atoms with Crippen LogP contribution in [0.4, 0.5) is 5.69 Å². The Hall–Kier alpha value is -4.31. The maximum absolute atomic E-state index is 13.2. The predicted octanol–water partition coefficient (Wildman–Crippen LogP) is 3.80. The van der Waals surface area contributed by atoms with Crippen LogP contribution in [0, 0.1) is 6.92 Å². The number of ether oxygens (including phenoxy) is 2. The van der Waals surface area contributed by atoms with Crippen molar-refractivity contribution in [1.29, 1.82) is 0 Å². The number of sulfonamides is 1. The van der Waals surface area contributed by atoms with E-state index >= 15 is 0 Å². The van der Waals surface area contributed by atoms with Crippen molar-refractivity contribution >= 4 is 32.6 Å². The molecule has 1 amide bonds. The normalized spacial score (nSPS) is 11.8. The van der Waals surface area contributed by atoms with E-state index in [0.717, 1.165) is 5.56 Å². The van der Waals surface area contributed by atoms with E-state index in [2.05, 4.69) is 15.2 Å². The summed E-state index contributed by atoms with van der Waals surface area (Å²) in [4.78, 5) is 15.4. The molecule has 10 heteroatoms. The van der Waals surface area contributed by atoms with Crippen LogP contribution < -0.4 is 25.2 Å². The number of hydrogen-bond acceptors (Lipinski definition) is 7. The SMILES string of the molecule is COc1ccc(NC(=O)c2cc3ccccc3o/c2=N/NS(=O)(=O)c2ccc(C)cc2)c(OC)c1. The highest BCUT2D eigenvalue weighted by molar-refractivity contribution is 7.89. The van der Waals surface area contributed by atoms with E-state index in [1.54, 1.807) is 60.7 Å². The number of aryl methyl sites for hydroxylation is 1. The molecule has 0 atom stereocenters. The summed E-state index contributed by atoms with van der Waals surface area (Å²) in [5.74, 6) is 0.368. The summed E-state index contributed by atoms with van der Waals surface area (Å²) >= 11 is 0. The zero-order valence-electron chi connectivity index (χ0n) is 19.2. The second-order valence-corrected chi connectivity index (χ2v) is 9.20. The van der Waals surface area contributed by atoms with E-state index in [1.807, 2.05) is 6.92 Å². The Morgan fingerprint density at radius 3 is 2.40 bits per heavy atom. The minimum absolute atomic E-state index is 0.0215. The number of anilines is 1. The third-order valence-corrected chi connectivity index (χ3v) is 6.38. The summed E-state index contributed by atoms with van der Waals surface area (Å²) in [5, 5.41) is 7.33. The Labute approximate surface area is 202 Å². The van der Waals surface area contributed by atoms with E-state index in [1.165, 1.54) is 26.4 Å². The summed E-state index contributed by atoms with van der Waals surface area (Å²) in [7, 11) is -0.999. The second-order valence-electron chi connectivity index (χ2n) is 7.54. The number of rotatable bonds is 7. The fourth-order valence-electron chi connectivity index (χ4n) is 3.28. The van der Waals surface area contributed by atoms with Gasteiger partial charge in [0, 0.05) is 11.5 Å². The monoisotopic (exact) mass is 493 g/mol. The minimum Gasteiger partial charge on any atom is -0.497 e. The van der Waals surface area contributed by atoms with Crippen molar-refractivity contribution in [2.24, 2.45) is 5.10 Å². The lowest BCUT2D eigenvalue weighted by atomic mass is 10.1. The highest BCUT2D eigenvalue weighted by Crippen LogP contribution is 2.29. The van der Waals surface area contributed by atoms with Gasteiger partial charge < -0.3 is 19.2 Å². The molecule has 0 saturated heterocycles. The van der Waals surface area contributed by atoms with E-state index < -0.39 is 15.9 Å². The van der Waals surface area contributed by atoms with Gasteiger partial charge in [0.2, 0.25) is 5.55 Å². The second kappa shape index (κ2) is 9.90. The van der Waals surface area contributed by atoms with Crippen LogP contribution in [0.25, 0.3) is 11.0 Å². The van der Waals surface area contributed by atoms with Crippen LogP contribution in [0.3, 0.4) is 0 Å². The first-order valence-electron chi connectivity index (χ1n) is 10.5. The number of carbonyl (C=O) groups is 1. The smallest absolute Gasteiger partial charge is 0.276 e. The van der Waals surface area contributed by atoms with Crippen LogP contribution in [0.1, 0.15) is 15.9 Å². The van der Waals surface area contributed by atoms with Crippen molar-refractivity contribution in [2.75, 3.05) is 19.5 Å². The first-order chi connectivity index (χ1) is 16.8. The summed E-state index contributed by atoms with van der Waals surface area (Å²) < 4.78 is 41.8. The fourth-order valence-corrected chi connectivity index (χ4v) is 4.08. The Morgan fingerprint density at radius 2 is 1.69 bits per heavy atom. The van der Waals surface area contributed by atoms with Gasteiger partial charge >= 0.3 is 0 Å². The average molecular weight is 494 g/mol. The number of fused-ring (bicyclic) bond motifs is 1. The number of carbonyl (C=O) groups excluding carboxylic acids is 1. The number of methoxy groups -OCH3 is 2. The Kier molecular flexibility index (Phi) is 6.74. The van der Waals surface area contributed by atoms with Crippen LogP contribution in [0.2, 0.25) is 0 Å². The molecule has 0 aliphatic rings. The summed E-state index contributed by atoms with van der Waals surface area (Å²) in [6.45, 7) is 1.85. The van der Waals surface area contributed by atoms with Gasteiger partial charge in [-0.2, -0.15) is 13.2 Å². The first kappa shape index (κ1) is 23.8.